The van der Waals surface area contributed by atoms with Crippen molar-refractivity contribution in [3.8, 4) is 0 Å². The Kier molecular flexibility index (Phi) is 3.76. The number of hydrogen-bond acceptors (Lipinski definition) is 2. The lowest BCUT2D eigenvalue weighted by molar-refractivity contribution is -0.00121. The first-order valence-electron chi connectivity index (χ1n) is 4.76. The second-order valence-electron chi connectivity index (χ2n) is 3.61. The van der Waals surface area contributed by atoms with Crippen molar-refractivity contribution in [3.05, 3.63) is 12.7 Å². The molecule has 2 heteroatoms. The standard InChI is InChI=1S/C10H19NO/c1-3-8(2)12-10-6-4-9(11)5-7-10/h3,8-10H,1,4-7,11H2,2H3. The van der Waals surface area contributed by atoms with Crippen LogP contribution in [0.5, 0.6) is 0 Å². The van der Waals surface area contributed by atoms with E-state index in [9.17, 15) is 0 Å². The highest BCUT2D eigenvalue weighted by Crippen LogP contribution is 2.20. The zero-order valence-electron chi connectivity index (χ0n) is 7.83. The van der Waals surface area contributed by atoms with Crippen LogP contribution in [0.4, 0.5) is 0 Å². The SMILES string of the molecule is C=CC(C)OC1CCC(N)CC1. The van der Waals surface area contributed by atoms with E-state index in [0.29, 0.717) is 12.1 Å². The van der Waals surface area contributed by atoms with E-state index in [1.165, 1.54) is 0 Å². The summed E-state index contributed by atoms with van der Waals surface area (Å²) in [6, 6.07) is 0.406. The van der Waals surface area contributed by atoms with Gasteiger partial charge >= 0.3 is 0 Å². The van der Waals surface area contributed by atoms with Crippen LogP contribution in [0, 0.1) is 0 Å². The quantitative estimate of drug-likeness (QED) is 0.654. The lowest BCUT2D eigenvalue weighted by Gasteiger charge is -2.27. The molecule has 0 aliphatic heterocycles. The van der Waals surface area contributed by atoms with Crippen LogP contribution >= 0.6 is 0 Å². The van der Waals surface area contributed by atoms with E-state index in [4.69, 9.17) is 10.5 Å². The summed E-state index contributed by atoms with van der Waals surface area (Å²) in [7, 11) is 0. The first-order chi connectivity index (χ1) is 5.72. The summed E-state index contributed by atoms with van der Waals surface area (Å²) in [6.45, 7) is 5.72. The maximum absolute atomic E-state index is 5.78. The highest BCUT2D eigenvalue weighted by atomic mass is 16.5. The van der Waals surface area contributed by atoms with E-state index in [1.54, 1.807) is 0 Å². The highest BCUT2D eigenvalue weighted by Gasteiger charge is 2.19. The molecule has 0 saturated heterocycles. The Labute approximate surface area is 74.8 Å². The molecular weight excluding hydrogens is 150 g/mol. The molecular formula is C10H19NO. The van der Waals surface area contributed by atoms with Gasteiger partial charge in [0.15, 0.2) is 0 Å². The number of hydrogen-bond donors (Lipinski definition) is 1. The third kappa shape index (κ3) is 2.95. The van der Waals surface area contributed by atoms with Crippen molar-refractivity contribution in [1.82, 2.24) is 0 Å². The zero-order valence-corrected chi connectivity index (χ0v) is 7.83. The molecule has 0 spiro atoms. The van der Waals surface area contributed by atoms with E-state index in [2.05, 4.69) is 6.58 Å². The van der Waals surface area contributed by atoms with Crippen LogP contribution in [0.3, 0.4) is 0 Å². The van der Waals surface area contributed by atoms with Gasteiger partial charge in [0.05, 0.1) is 12.2 Å². The van der Waals surface area contributed by atoms with Gasteiger partial charge in [-0.2, -0.15) is 0 Å². The van der Waals surface area contributed by atoms with Crippen LogP contribution < -0.4 is 5.73 Å². The molecule has 2 nitrogen and oxygen atoms in total. The zero-order chi connectivity index (χ0) is 8.97. The topological polar surface area (TPSA) is 35.2 Å². The maximum Gasteiger partial charge on any atom is 0.0728 e. The summed E-state index contributed by atoms with van der Waals surface area (Å²) in [5, 5.41) is 0. The van der Waals surface area contributed by atoms with Crippen LogP contribution in [0.1, 0.15) is 32.6 Å². The molecule has 70 valence electrons. The van der Waals surface area contributed by atoms with Crippen LogP contribution in [-0.4, -0.2) is 18.2 Å². The summed E-state index contributed by atoms with van der Waals surface area (Å²) >= 11 is 0. The normalized spacial score (nSPS) is 32.8. The second-order valence-corrected chi connectivity index (χ2v) is 3.61. The van der Waals surface area contributed by atoms with Crippen LogP contribution in [0.25, 0.3) is 0 Å². The minimum atomic E-state index is 0.185. The molecule has 1 aliphatic rings. The van der Waals surface area contributed by atoms with E-state index < -0.39 is 0 Å². The van der Waals surface area contributed by atoms with Crippen molar-refractivity contribution >= 4 is 0 Å². The Morgan fingerprint density at radius 1 is 1.42 bits per heavy atom. The van der Waals surface area contributed by atoms with Gasteiger partial charge in [-0.1, -0.05) is 6.08 Å². The van der Waals surface area contributed by atoms with Gasteiger partial charge in [-0.3, -0.25) is 0 Å². The molecule has 0 aromatic carbocycles. The van der Waals surface area contributed by atoms with E-state index in [0.717, 1.165) is 25.7 Å². The average molecular weight is 169 g/mol. The molecule has 0 heterocycles. The predicted molar refractivity (Wildman–Crippen MR) is 51.0 cm³/mol. The van der Waals surface area contributed by atoms with E-state index in [-0.39, 0.29) is 6.10 Å². The Bertz CT molecular complexity index is 139. The summed E-state index contributed by atoms with van der Waals surface area (Å²) < 4.78 is 5.72. The predicted octanol–water partition coefficient (Wildman–Crippen LogP) is 1.85. The fourth-order valence-corrected chi connectivity index (χ4v) is 1.58. The smallest absolute Gasteiger partial charge is 0.0728 e. The Morgan fingerprint density at radius 3 is 2.50 bits per heavy atom. The van der Waals surface area contributed by atoms with Gasteiger partial charge in [-0.15, -0.1) is 6.58 Å². The van der Waals surface area contributed by atoms with Crippen molar-refractivity contribution in [2.24, 2.45) is 5.73 Å². The van der Waals surface area contributed by atoms with Crippen LogP contribution in [0.15, 0.2) is 12.7 Å². The van der Waals surface area contributed by atoms with Gasteiger partial charge < -0.3 is 10.5 Å². The fraction of sp³-hybridized carbons (Fsp3) is 0.800. The fourth-order valence-electron chi connectivity index (χ4n) is 1.58. The molecule has 0 amide bonds. The lowest BCUT2D eigenvalue weighted by Crippen LogP contribution is -2.31. The molecule has 0 radical (unpaired) electrons. The molecule has 1 saturated carbocycles. The van der Waals surface area contributed by atoms with Crippen molar-refractivity contribution in [2.45, 2.75) is 50.9 Å². The van der Waals surface area contributed by atoms with Crippen LogP contribution in [-0.2, 0) is 4.74 Å². The van der Waals surface area contributed by atoms with Gasteiger partial charge in [0.2, 0.25) is 0 Å². The molecule has 0 aromatic heterocycles. The van der Waals surface area contributed by atoms with Gasteiger partial charge in [0, 0.05) is 6.04 Å². The van der Waals surface area contributed by atoms with Gasteiger partial charge in [0.25, 0.3) is 0 Å². The van der Waals surface area contributed by atoms with Crippen LogP contribution in [0.2, 0.25) is 0 Å². The summed E-state index contributed by atoms with van der Waals surface area (Å²) in [4.78, 5) is 0. The lowest BCUT2D eigenvalue weighted by atomic mass is 9.93. The minimum Gasteiger partial charge on any atom is -0.371 e. The summed E-state index contributed by atoms with van der Waals surface area (Å²) in [5.41, 5.74) is 5.78. The Balaban J connectivity index is 2.21. The average Bonchev–Trinajstić information content (AvgIpc) is 2.09. The molecule has 0 aromatic rings. The maximum atomic E-state index is 5.78. The van der Waals surface area contributed by atoms with Crippen molar-refractivity contribution in [1.29, 1.82) is 0 Å². The Morgan fingerprint density at radius 2 is 2.00 bits per heavy atom. The number of nitrogens with two attached hydrogens (primary N) is 1. The first-order valence-corrected chi connectivity index (χ1v) is 4.76. The van der Waals surface area contributed by atoms with Crippen molar-refractivity contribution in [2.75, 3.05) is 0 Å². The summed E-state index contributed by atoms with van der Waals surface area (Å²) in [6.07, 6.45) is 6.87. The van der Waals surface area contributed by atoms with Crippen molar-refractivity contribution < 1.29 is 4.74 Å². The minimum absolute atomic E-state index is 0.185. The second kappa shape index (κ2) is 4.63. The van der Waals surface area contributed by atoms with Gasteiger partial charge in [-0.05, 0) is 32.6 Å². The molecule has 1 unspecified atom stereocenters. The monoisotopic (exact) mass is 169 g/mol. The van der Waals surface area contributed by atoms with E-state index in [1.807, 2.05) is 13.0 Å². The molecule has 1 atom stereocenters. The molecule has 0 bridgehead atoms. The number of rotatable bonds is 3. The highest BCUT2D eigenvalue weighted by molar-refractivity contribution is 4.80. The number of ether oxygens (including phenoxy) is 1. The van der Waals surface area contributed by atoms with Gasteiger partial charge in [0.1, 0.15) is 0 Å². The molecule has 1 rings (SSSR count). The Hall–Kier alpha value is -0.340. The van der Waals surface area contributed by atoms with Gasteiger partial charge in [-0.25, -0.2) is 0 Å². The third-order valence-corrected chi connectivity index (χ3v) is 2.46. The largest absolute Gasteiger partial charge is 0.371 e. The third-order valence-electron chi connectivity index (χ3n) is 2.46. The first kappa shape index (κ1) is 9.75. The summed E-state index contributed by atoms with van der Waals surface area (Å²) in [5.74, 6) is 0. The molecule has 2 N–H and O–H groups in total. The molecule has 1 fully saturated rings. The van der Waals surface area contributed by atoms with Crippen molar-refractivity contribution in [3.63, 3.8) is 0 Å². The van der Waals surface area contributed by atoms with E-state index >= 15 is 0 Å². The molecule has 1 aliphatic carbocycles. The molecule has 12 heavy (non-hydrogen) atoms.